The Morgan fingerprint density at radius 2 is 2.23 bits per heavy atom. The van der Waals surface area contributed by atoms with E-state index in [2.05, 4.69) is 13.8 Å². The van der Waals surface area contributed by atoms with Crippen molar-refractivity contribution in [2.75, 3.05) is 0 Å². The molecule has 1 aliphatic rings. The Labute approximate surface area is 86.8 Å². The number of hydrogen-bond donors (Lipinski definition) is 0. The largest absolute Gasteiger partial charge is 0.375 e. The predicted molar refractivity (Wildman–Crippen MR) is 57.4 cm³/mol. The van der Waals surface area contributed by atoms with Crippen LogP contribution >= 0.6 is 11.6 Å². The molecular weight excluding hydrogens is 184 g/mol. The van der Waals surface area contributed by atoms with Crippen molar-refractivity contribution in [1.29, 1.82) is 0 Å². The summed E-state index contributed by atoms with van der Waals surface area (Å²) in [7, 11) is 0. The zero-order valence-electron chi connectivity index (χ0n) is 8.76. The van der Waals surface area contributed by atoms with Gasteiger partial charge in [0.1, 0.15) is 0 Å². The highest BCUT2D eigenvalue weighted by molar-refractivity contribution is 6.20. The Hall–Kier alpha value is 0.250. The van der Waals surface area contributed by atoms with Crippen molar-refractivity contribution in [2.45, 2.75) is 70.0 Å². The van der Waals surface area contributed by atoms with Gasteiger partial charge >= 0.3 is 0 Å². The smallest absolute Gasteiger partial charge is 0.0579 e. The Morgan fingerprint density at radius 3 is 2.77 bits per heavy atom. The van der Waals surface area contributed by atoms with Crippen LogP contribution in [0.5, 0.6) is 0 Å². The molecule has 78 valence electrons. The summed E-state index contributed by atoms with van der Waals surface area (Å²) in [6.07, 6.45) is 8.16. The van der Waals surface area contributed by atoms with Crippen molar-refractivity contribution in [2.24, 2.45) is 0 Å². The molecule has 0 saturated carbocycles. The summed E-state index contributed by atoms with van der Waals surface area (Å²) < 4.78 is 5.73. The molecule has 3 atom stereocenters. The molecule has 1 fully saturated rings. The summed E-state index contributed by atoms with van der Waals surface area (Å²) in [5.41, 5.74) is 0. The van der Waals surface area contributed by atoms with E-state index in [0.717, 1.165) is 12.8 Å². The fourth-order valence-electron chi connectivity index (χ4n) is 1.87. The quantitative estimate of drug-likeness (QED) is 0.620. The van der Waals surface area contributed by atoms with Crippen molar-refractivity contribution >= 4 is 11.6 Å². The fourth-order valence-corrected chi connectivity index (χ4v) is 2.02. The van der Waals surface area contributed by atoms with E-state index in [4.69, 9.17) is 16.3 Å². The Morgan fingerprint density at radius 1 is 1.46 bits per heavy atom. The third-order valence-corrected chi connectivity index (χ3v) is 3.33. The lowest BCUT2D eigenvalue weighted by molar-refractivity contribution is 0.0495. The van der Waals surface area contributed by atoms with Crippen LogP contribution in [0.2, 0.25) is 0 Å². The fraction of sp³-hybridized carbons (Fsp3) is 1.00. The van der Waals surface area contributed by atoms with Crippen LogP contribution < -0.4 is 0 Å². The number of ether oxygens (including phenoxy) is 1. The van der Waals surface area contributed by atoms with Crippen molar-refractivity contribution in [3.63, 3.8) is 0 Å². The molecule has 1 saturated heterocycles. The lowest BCUT2D eigenvalue weighted by Crippen LogP contribution is -2.08. The Balaban J connectivity index is 2.00. The summed E-state index contributed by atoms with van der Waals surface area (Å²) >= 11 is 6.04. The second-order valence-electron chi connectivity index (χ2n) is 4.08. The van der Waals surface area contributed by atoms with Gasteiger partial charge in [-0.15, -0.1) is 11.6 Å². The third-order valence-electron chi connectivity index (χ3n) is 2.81. The molecule has 0 aliphatic carbocycles. The van der Waals surface area contributed by atoms with Crippen molar-refractivity contribution in [1.82, 2.24) is 0 Å². The molecule has 1 aliphatic heterocycles. The molecule has 1 nitrogen and oxygen atoms in total. The second kappa shape index (κ2) is 5.87. The summed E-state index contributed by atoms with van der Waals surface area (Å²) in [5, 5.41) is 0.374. The number of rotatable bonds is 5. The molecule has 0 aromatic rings. The molecule has 0 radical (unpaired) electrons. The Bertz CT molecular complexity index is 138. The van der Waals surface area contributed by atoms with Crippen molar-refractivity contribution in [3.05, 3.63) is 0 Å². The van der Waals surface area contributed by atoms with Crippen LogP contribution in [-0.4, -0.2) is 17.6 Å². The monoisotopic (exact) mass is 204 g/mol. The highest BCUT2D eigenvalue weighted by atomic mass is 35.5. The average Bonchev–Trinajstić information content (AvgIpc) is 2.51. The van der Waals surface area contributed by atoms with Crippen LogP contribution in [0.25, 0.3) is 0 Å². The van der Waals surface area contributed by atoms with E-state index in [1.807, 2.05) is 0 Å². The van der Waals surface area contributed by atoms with Gasteiger partial charge in [0, 0.05) is 5.38 Å². The minimum atomic E-state index is 0.374. The summed E-state index contributed by atoms with van der Waals surface area (Å²) in [5.74, 6) is 0. The third kappa shape index (κ3) is 4.33. The minimum absolute atomic E-state index is 0.374. The van der Waals surface area contributed by atoms with Gasteiger partial charge in [0.2, 0.25) is 0 Å². The maximum absolute atomic E-state index is 6.04. The first-order valence-electron chi connectivity index (χ1n) is 5.52. The molecule has 13 heavy (non-hydrogen) atoms. The first kappa shape index (κ1) is 11.3. The van der Waals surface area contributed by atoms with Gasteiger partial charge in [0.05, 0.1) is 12.2 Å². The molecule has 1 rings (SSSR count). The average molecular weight is 205 g/mol. The second-order valence-corrected chi connectivity index (χ2v) is 4.70. The molecule has 0 aromatic heterocycles. The van der Waals surface area contributed by atoms with E-state index in [1.165, 1.54) is 25.7 Å². The van der Waals surface area contributed by atoms with Crippen LogP contribution in [-0.2, 0) is 4.74 Å². The van der Waals surface area contributed by atoms with Gasteiger partial charge in [-0.3, -0.25) is 0 Å². The molecule has 0 N–H and O–H groups in total. The zero-order chi connectivity index (χ0) is 9.68. The van der Waals surface area contributed by atoms with Gasteiger partial charge in [-0.1, -0.05) is 6.92 Å². The van der Waals surface area contributed by atoms with Crippen LogP contribution in [0, 0.1) is 0 Å². The van der Waals surface area contributed by atoms with Crippen LogP contribution in [0.1, 0.15) is 52.4 Å². The first-order valence-corrected chi connectivity index (χ1v) is 5.95. The molecule has 1 heterocycles. The highest BCUT2D eigenvalue weighted by Crippen LogP contribution is 2.24. The standard InChI is InChI=1S/C11H21ClO/c1-3-10(12)5-4-6-11-8-7-9(2)13-11/h9-11H,3-8H2,1-2H3. The lowest BCUT2D eigenvalue weighted by atomic mass is 10.1. The molecule has 3 unspecified atom stereocenters. The van der Waals surface area contributed by atoms with Gasteiger partial charge in [-0.25, -0.2) is 0 Å². The van der Waals surface area contributed by atoms with Crippen molar-refractivity contribution < 1.29 is 4.74 Å². The SMILES string of the molecule is CCC(Cl)CCCC1CCC(C)O1. The minimum Gasteiger partial charge on any atom is -0.375 e. The molecule has 0 bridgehead atoms. The van der Waals surface area contributed by atoms with E-state index in [0.29, 0.717) is 17.6 Å². The molecular formula is C11H21ClO. The van der Waals surface area contributed by atoms with E-state index < -0.39 is 0 Å². The van der Waals surface area contributed by atoms with E-state index in [1.54, 1.807) is 0 Å². The number of hydrogen-bond acceptors (Lipinski definition) is 1. The topological polar surface area (TPSA) is 9.23 Å². The molecule has 2 heteroatoms. The van der Waals surface area contributed by atoms with Gasteiger partial charge in [-0.2, -0.15) is 0 Å². The van der Waals surface area contributed by atoms with Crippen LogP contribution in [0.4, 0.5) is 0 Å². The summed E-state index contributed by atoms with van der Waals surface area (Å²) in [6, 6.07) is 0. The summed E-state index contributed by atoms with van der Waals surface area (Å²) in [4.78, 5) is 0. The normalized spacial score (nSPS) is 30.7. The highest BCUT2D eigenvalue weighted by Gasteiger charge is 2.21. The summed E-state index contributed by atoms with van der Waals surface area (Å²) in [6.45, 7) is 4.31. The van der Waals surface area contributed by atoms with Crippen LogP contribution in [0.15, 0.2) is 0 Å². The van der Waals surface area contributed by atoms with Crippen molar-refractivity contribution in [3.8, 4) is 0 Å². The van der Waals surface area contributed by atoms with E-state index in [-0.39, 0.29) is 0 Å². The maximum Gasteiger partial charge on any atom is 0.0579 e. The van der Waals surface area contributed by atoms with E-state index >= 15 is 0 Å². The van der Waals surface area contributed by atoms with Gasteiger partial charge in [0.25, 0.3) is 0 Å². The Kier molecular flexibility index (Phi) is 5.12. The van der Waals surface area contributed by atoms with Crippen LogP contribution in [0.3, 0.4) is 0 Å². The zero-order valence-corrected chi connectivity index (χ0v) is 9.52. The number of alkyl halides is 1. The lowest BCUT2D eigenvalue weighted by Gasteiger charge is -2.11. The predicted octanol–water partition coefficient (Wildman–Crippen LogP) is 3.74. The molecule has 0 aromatic carbocycles. The first-order chi connectivity index (χ1) is 6.22. The number of halogens is 1. The van der Waals surface area contributed by atoms with Gasteiger partial charge in [-0.05, 0) is 45.4 Å². The van der Waals surface area contributed by atoms with Gasteiger partial charge in [0.15, 0.2) is 0 Å². The maximum atomic E-state index is 6.04. The molecule has 0 spiro atoms. The van der Waals surface area contributed by atoms with Gasteiger partial charge < -0.3 is 4.74 Å². The molecule has 0 amide bonds. The van der Waals surface area contributed by atoms with E-state index in [9.17, 15) is 0 Å².